The lowest BCUT2D eigenvalue weighted by molar-refractivity contribution is 0.0321. The van der Waals surface area contributed by atoms with Crippen molar-refractivity contribution in [1.29, 1.82) is 0 Å². The second-order valence-electron chi connectivity index (χ2n) is 7.05. The van der Waals surface area contributed by atoms with Crippen LogP contribution in [0.5, 0.6) is 5.75 Å². The minimum absolute atomic E-state index is 0.0619. The first kappa shape index (κ1) is 18.9. The van der Waals surface area contributed by atoms with Crippen LogP contribution in [0.25, 0.3) is 0 Å². The normalized spacial score (nSPS) is 16.5. The van der Waals surface area contributed by atoms with Gasteiger partial charge >= 0.3 is 0 Å². The summed E-state index contributed by atoms with van der Waals surface area (Å²) in [7, 11) is 0. The van der Waals surface area contributed by atoms with Crippen molar-refractivity contribution in [3.05, 3.63) is 64.5 Å². The van der Waals surface area contributed by atoms with Crippen LogP contribution in [0, 0.1) is 19.7 Å². The van der Waals surface area contributed by atoms with Gasteiger partial charge in [-0.25, -0.2) is 4.39 Å². The third-order valence-electron chi connectivity index (χ3n) is 5.04. The summed E-state index contributed by atoms with van der Waals surface area (Å²) in [4.78, 5) is 2.35. The molecule has 1 aliphatic heterocycles. The Kier molecular flexibility index (Phi) is 6.28. The van der Waals surface area contributed by atoms with Crippen molar-refractivity contribution >= 4 is 0 Å². The van der Waals surface area contributed by atoms with Crippen molar-refractivity contribution in [3.8, 4) is 5.75 Å². The number of morpholine rings is 1. The van der Waals surface area contributed by atoms with Gasteiger partial charge in [-0.05, 0) is 31.0 Å². The van der Waals surface area contributed by atoms with E-state index in [1.807, 2.05) is 19.1 Å². The van der Waals surface area contributed by atoms with Crippen LogP contribution in [0.15, 0.2) is 36.4 Å². The monoisotopic (exact) mass is 357 g/mol. The van der Waals surface area contributed by atoms with Crippen LogP contribution >= 0.6 is 0 Å². The number of ether oxygens (including phenoxy) is 2. The molecule has 3 nitrogen and oxygen atoms in total. The van der Waals surface area contributed by atoms with Crippen molar-refractivity contribution < 1.29 is 13.9 Å². The number of aryl methyl sites for hydroxylation is 2. The molecule has 0 radical (unpaired) electrons. The lowest BCUT2D eigenvalue weighted by atomic mass is 9.89. The Morgan fingerprint density at radius 2 is 1.85 bits per heavy atom. The van der Waals surface area contributed by atoms with Crippen molar-refractivity contribution in [2.45, 2.75) is 26.7 Å². The number of benzene rings is 2. The van der Waals surface area contributed by atoms with Crippen molar-refractivity contribution in [1.82, 2.24) is 4.90 Å². The van der Waals surface area contributed by atoms with E-state index in [0.29, 0.717) is 12.2 Å². The standard InChI is InChI=1S/C22H28FNO2/c1-16-14-17(2)22(26-13-10-24-8-11-25-12-9-24)20(15-16)18(3)19-6-4-5-7-21(19)23/h4-7,14-15,18H,8-13H2,1-3H3. The largest absolute Gasteiger partial charge is 0.492 e. The molecule has 1 aliphatic rings. The molecule has 0 saturated carbocycles. The summed E-state index contributed by atoms with van der Waals surface area (Å²) in [6.45, 7) is 11.2. The zero-order valence-corrected chi connectivity index (χ0v) is 15.9. The quantitative estimate of drug-likeness (QED) is 0.769. The lowest BCUT2D eigenvalue weighted by Gasteiger charge is -2.27. The molecule has 3 rings (SSSR count). The zero-order chi connectivity index (χ0) is 18.5. The van der Waals surface area contributed by atoms with Crippen molar-refractivity contribution in [3.63, 3.8) is 0 Å². The molecule has 0 bridgehead atoms. The fraction of sp³-hybridized carbons (Fsp3) is 0.455. The molecule has 0 aliphatic carbocycles. The van der Waals surface area contributed by atoms with Gasteiger partial charge in [0, 0.05) is 31.1 Å². The molecular formula is C22H28FNO2. The molecule has 2 aromatic rings. The van der Waals surface area contributed by atoms with Crippen molar-refractivity contribution in [2.75, 3.05) is 39.5 Å². The van der Waals surface area contributed by atoms with E-state index in [1.165, 1.54) is 11.6 Å². The van der Waals surface area contributed by atoms with Crippen LogP contribution in [0.1, 0.15) is 35.1 Å². The van der Waals surface area contributed by atoms with E-state index in [-0.39, 0.29) is 11.7 Å². The molecule has 1 fully saturated rings. The molecule has 4 heteroatoms. The Labute approximate surface area is 155 Å². The highest BCUT2D eigenvalue weighted by molar-refractivity contribution is 5.48. The zero-order valence-electron chi connectivity index (χ0n) is 15.9. The smallest absolute Gasteiger partial charge is 0.127 e. The van der Waals surface area contributed by atoms with Crippen LogP contribution in [0.4, 0.5) is 4.39 Å². The van der Waals surface area contributed by atoms with Gasteiger partial charge in [0.2, 0.25) is 0 Å². The fourth-order valence-corrected chi connectivity index (χ4v) is 3.60. The summed E-state index contributed by atoms with van der Waals surface area (Å²) >= 11 is 0. The van der Waals surface area contributed by atoms with Gasteiger partial charge in [-0.2, -0.15) is 0 Å². The first-order valence-corrected chi connectivity index (χ1v) is 9.34. The molecule has 26 heavy (non-hydrogen) atoms. The maximum atomic E-state index is 14.3. The summed E-state index contributed by atoms with van der Waals surface area (Å²) in [5.41, 5.74) is 4.02. The Balaban J connectivity index is 1.79. The molecule has 1 atom stereocenters. The molecule has 2 aromatic carbocycles. The molecular weight excluding hydrogens is 329 g/mol. The van der Waals surface area contributed by atoms with Crippen LogP contribution in [0.2, 0.25) is 0 Å². The van der Waals surface area contributed by atoms with Crippen LogP contribution in [0.3, 0.4) is 0 Å². The highest BCUT2D eigenvalue weighted by Crippen LogP contribution is 2.36. The highest BCUT2D eigenvalue weighted by atomic mass is 19.1. The van der Waals surface area contributed by atoms with Gasteiger partial charge in [0.25, 0.3) is 0 Å². The van der Waals surface area contributed by atoms with Crippen LogP contribution in [-0.4, -0.2) is 44.4 Å². The maximum absolute atomic E-state index is 14.3. The molecule has 1 unspecified atom stereocenters. The Morgan fingerprint density at radius 3 is 2.58 bits per heavy atom. The predicted octanol–water partition coefficient (Wildman–Crippen LogP) is 4.31. The minimum Gasteiger partial charge on any atom is -0.492 e. The Hall–Kier alpha value is -1.91. The van der Waals surface area contributed by atoms with E-state index in [0.717, 1.165) is 49.7 Å². The van der Waals surface area contributed by atoms with E-state index in [4.69, 9.17) is 9.47 Å². The topological polar surface area (TPSA) is 21.7 Å². The first-order chi connectivity index (χ1) is 12.6. The molecule has 0 spiro atoms. The van der Waals surface area contributed by atoms with Gasteiger partial charge in [0.1, 0.15) is 18.2 Å². The molecule has 0 amide bonds. The molecule has 1 heterocycles. The average molecular weight is 357 g/mol. The van der Waals surface area contributed by atoms with E-state index >= 15 is 0 Å². The Bertz CT molecular complexity index is 741. The summed E-state index contributed by atoms with van der Waals surface area (Å²) in [5.74, 6) is 0.659. The van der Waals surface area contributed by atoms with Gasteiger partial charge < -0.3 is 9.47 Å². The van der Waals surface area contributed by atoms with E-state index in [2.05, 4.69) is 30.9 Å². The third-order valence-corrected chi connectivity index (χ3v) is 5.04. The minimum atomic E-state index is -0.168. The van der Waals surface area contributed by atoms with Gasteiger partial charge in [0.15, 0.2) is 0 Å². The number of halogens is 1. The van der Waals surface area contributed by atoms with Crippen LogP contribution < -0.4 is 4.74 Å². The van der Waals surface area contributed by atoms with Crippen molar-refractivity contribution in [2.24, 2.45) is 0 Å². The second kappa shape index (κ2) is 8.65. The van der Waals surface area contributed by atoms with Gasteiger partial charge in [-0.3, -0.25) is 4.90 Å². The molecule has 0 aromatic heterocycles. The molecule has 0 N–H and O–H groups in total. The summed E-state index contributed by atoms with van der Waals surface area (Å²) in [6, 6.07) is 11.2. The summed E-state index contributed by atoms with van der Waals surface area (Å²) < 4.78 is 25.9. The molecule has 1 saturated heterocycles. The Morgan fingerprint density at radius 1 is 1.12 bits per heavy atom. The fourth-order valence-electron chi connectivity index (χ4n) is 3.60. The van der Waals surface area contributed by atoms with E-state index < -0.39 is 0 Å². The first-order valence-electron chi connectivity index (χ1n) is 9.34. The van der Waals surface area contributed by atoms with E-state index in [1.54, 1.807) is 6.07 Å². The lowest BCUT2D eigenvalue weighted by Crippen LogP contribution is -2.38. The van der Waals surface area contributed by atoms with Gasteiger partial charge in [-0.1, -0.05) is 42.8 Å². The predicted molar refractivity (Wildman–Crippen MR) is 103 cm³/mol. The number of hydrogen-bond donors (Lipinski definition) is 0. The molecule has 140 valence electrons. The maximum Gasteiger partial charge on any atom is 0.127 e. The SMILES string of the molecule is Cc1cc(C)c(OCCN2CCOCC2)c(C(C)c2ccccc2F)c1. The van der Waals surface area contributed by atoms with Gasteiger partial charge in [0.05, 0.1) is 13.2 Å². The highest BCUT2D eigenvalue weighted by Gasteiger charge is 2.19. The second-order valence-corrected chi connectivity index (χ2v) is 7.05. The summed E-state index contributed by atoms with van der Waals surface area (Å²) in [6.07, 6.45) is 0. The van der Waals surface area contributed by atoms with Gasteiger partial charge in [-0.15, -0.1) is 0 Å². The third kappa shape index (κ3) is 4.43. The summed E-state index contributed by atoms with van der Waals surface area (Å²) in [5, 5.41) is 0. The number of nitrogens with zero attached hydrogens (tertiary/aromatic N) is 1. The van der Waals surface area contributed by atoms with Crippen LogP contribution in [-0.2, 0) is 4.74 Å². The van der Waals surface area contributed by atoms with E-state index in [9.17, 15) is 4.39 Å². The number of hydrogen-bond acceptors (Lipinski definition) is 3. The average Bonchev–Trinajstić information content (AvgIpc) is 2.64. The number of rotatable bonds is 6.